The Morgan fingerprint density at radius 3 is 1.38 bits per heavy atom. The van der Waals surface area contributed by atoms with Crippen LogP contribution in [0.1, 0.15) is 194 Å². The molecular formula is C88H88BN3. The first-order valence-corrected chi connectivity index (χ1v) is 34.5. The average Bonchev–Trinajstić information content (AvgIpc) is 1.24. The fraction of sp³-hybridized carbons (Fsp3) is 0.318. The van der Waals surface area contributed by atoms with Crippen molar-refractivity contribution in [2.45, 2.75) is 180 Å². The molecule has 7 aliphatic rings. The normalized spacial score (nSPS) is 19.1. The smallest absolute Gasteiger partial charge is 0.333 e. The molecule has 0 unspecified atom stereocenters. The molecule has 0 fully saturated rings. The molecule has 3 nitrogen and oxygen atoms in total. The molecule has 10 aromatic rings. The minimum atomic E-state index is -0.572. The van der Waals surface area contributed by atoms with E-state index >= 15 is 0 Å². The Kier molecular flexibility index (Phi) is 12.0. The number of benzene rings is 10. The minimum absolute atomic E-state index is 0.0158. The van der Waals surface area contributed by atoms with Gasteiger partial charge in [-0.3, -0.25) is 0 Å². The molecule has 0 atom stereocenters. The Hall–Kier alpha value is -8.34. The molecule has 10 aromatic carbocycles. The van der Waals surface area contributed by atoms with Crippen LogP contribution in [0.4, 0.5) is 45.5 Å². The van der Waals surface area contributed by atoms with Gasteiger partial charge in [0.2, 0.25) is 0 Å². The number of hydrogen-bond acceptors (Lipinski definition) is 3. The Bertz CT molecular complexity index is 4700. The molecule has 3 heterocycles. The van der Waals surface area contributed by atoms with Gasteiger partial charge in [-0.2, -0.15) is 0 Å². The molecule has 0 N–H and O–H groups in total. The van der Waals surface area contributed by atoms with Crippen LogP contribution >= 0.6 is 0 Å². The first-order chi connectivity index (χ1) is 43.8. The van der Waals surface area contributed by atoms with Crippen LogP contribution in [0.25, 0.3) is 33.4 Å². The number of fused-ring (bicyclic) bond motifs is 16. The summed E-state index contributed by atoms with van der Waals surface area (Å²) in [6, 6.07) is 75.8. The van der Waals surface area contributed by atoms with Gasteiger partial charge in [0.25, 0.3) is 0 Å². The molecule has 0 amide bonds. The first kappa shape index (κ1) is 57.6. The van der Waals surface area contributed by atoms with Crippen molar-refractivity contribution < 1.29 is 0 Å². The van der Waals surface area contributed by atoms with Crippen molar-refractivity contribution in [1.29, 1.82) is 0 Å². The van der Waals surface area contributed by atoms with E-state index in [2.05, 4.69) is 307 Å². The zero-order valence-electron chi connectivity index (χ0n) is 57.1. The van der Waals surface area contributed by atoms with Crippen LogP contribution in [0.3, 0.4) is 0 Å². The highest BCUT2D eigenvalue weighted by Gasteiger charge is 2.56. The summed E-state index contributed by atoms with van der Waals surface area (Å²) in [5.74, 6) is 0. The van der Waals surface area contributed by atoms with E-state index in [-0.39, 0.29) is 39.3 Å². The number of nitrogens with zero attached hydrogens (tertiary/aromatic N) is 3. The molecule has 17 rings (SSSR count). The van der Waals surface area contributed by atoms with Crippen molar-refractivity contribution in [3.8, 4) is 33.4 Å². The third-order valence-electron chi connectivity index (χ3n) is 24.5. The lowest BCUT2D eigenvalue weighted by Crippen LogP contribution is -2.62. The van der Waals surface area contributed by atoms with Crippen molar-refractivity contribution in [2.24, 2.45) is 0 Å². The minimum Gasteiger partial charge on any atom is -0.376 e. The maximum Gasteiger partial charge on any atom is 0.333 e. The summed E-state index contributed by atoms with van der Waals surface area (Å²) < 4.78 is 0. The summed E-state index contributed by atoms with van der Waals surface area (Å²) in [5.41, 5.74) is 38.1. The SMILES string of the molecule is Cc1cc(C)c(-c2cc3c4c(c2)N2c5ccccc5C5(c6ccccc6-c6ccccc65)c5cccc(c52)B4N(c2ccc4c(c2)C(C)(C)CCC4(C)C)c2cc(N(c4ccc5c(c4)C(C)(C)CCC5(C)C)c4ccc5c(c4)C(C)(C)CCC5(C)C)ccc2-3)c(C)c1. The summed E-state index contributed by atoms with van der Waals surface area (Å²) in [6.07, 6.45) is 6.96. The van der Waals surface area contributed by atoms with Crippen molar-refractivity contribution >= 4 is 63.3 Å². The second-order valence-electron chi connectivity index (χ2n) is 33.0. The number of hydrogen-bond donors (Lipinski definition) is 0. The van der Waals surface area contributed by atoms with Crippen LogP contribution in [-0.4, -0.2) is 6.85 Å². The van der Waals surface area contributed by atoms with E-state index in [9.17, 15) is 0 Å². The fourth-order valence-corrected chi connectivity index (χ4v) is 19.3. The topological polar surface area (TPSA) is 9.72 Å². The van der Waals surface area contributed by atoms with E-state index in [1.807, 2.05) is 0 Å². The highest BCUT2D eigenvalue weighted by molar-refractivity contribution is 6.93. The van der Waals surface area contributed by atoms with E-state index in [1.54, 1.807) is 0 Å². The molecule has 0 saturated heterocycles. The second kappa shape index (κ2) is 19.2. The molecular weight excluding hydrogens is 1110 g/mol. The van der Waals surface area contributed by atoms with Crippen LogP contribution in [0, 0.1) is 20.8 Å². The number of aryl methyl sites for hydroxylation is 3. The van der Waals surface area contributed by atoms with Gasteiger partial charge < -0.3 is 14.6 Å². The van der Waals surface area contributed by atoms with Crippen LogP contribution in [0.2, 0.25) is 0 Å². The Morgan fingerprint density at radius 1 is 0.348 bits per heavy atom. The molecule has 1 spiro atoms. The molecule has 458 valence electrons. The van der Waals surface area contributed by atoms with Gasteiger partial charge >= 0.3 is 6.85 Å². The van der Waals surface area contributed by atoms with Crippen molar-refractivity contribution in [3.63, 3.8) is 0 Å². The number of rotatable bonds is 5. The third-order valence-corrected chi connectivity index (χ3v) is 24.5. The lowest BCUT2D eigenvalue weighted by Gasteiger charge is -2.52. The molecule has 0 radical (unpaired) electrons. The standard InChI is InChI=1S/C88H88BN3/c1-53-45-54(2)79(55(3)46-53)56-47-64-63-35-31-59(90(57-32-36-67-72(49-57)85(10,11)42-39-82(67,4)5)58-33-37-68-73(50-58)86(12,13)43-40-83(68,6)7)52-77(63)92(60-34-38-69-74(51-60)87(14,15)44-41-84(69,8)9)89-75-29-22-28-71-81(75)91(78(48-56)80(64)89)76-30-21-20-27-70(76)88(71)65-25-18-16-23-61(65)62-24-17-19-26-66(62)88/h16-38,45-52H,39-44H2,1-15H3. The van der Waals surface area contributed by atoms with Gasteiger partial charge in [-0.1, -0.05) is 210 Å². The predicted molar refractivity (Wildman–Crippen MR) is 391 cm³/mol. The molecule has 92 heavy (non-hydrogen) atoms. The summed E-state index contributed by atoms with van der Waals surface area (Å²) in [7, 11) is 0. The van der Waals surface area contributed by atoms with Crippen LogP contribution in [-0.2, 0) is 37.9 Å². The van der Waals surface area contributed by atoms with Crippen LogP contribution < -0.4 is 25.5 Å². The summed E-state index contributed by atoms with van der Waals surface area (Å²) >= 11 is 0. The van der Waals surface area contributed by atoms with Gasteiger partial charge in [-0.05, 0) is 264 Å². The summed E-state index contributed by atoms with van der Waals surface area (Å²) in [6.45, 7) is 36.4. The molecule has 4 aliphatic carbocycles. The molecule has 3 aliphatic heterocycles. The van der Waals surface area contributed by atoms with E-state index in [0.29, 0.717) is 0 Å². The third kappa shape index (κ3) is 7.88. The molecule has 0 bridgehead atoms. The predicted octanol–water partition coefficient (Wildman–Crippen LogP) is 22.2. The summed E-state index contributed by atoms with van der Waals surface area (Å²) in [4.78, 5) is 8.20. The highest BCUT2D eigenvalue weighted by atomic mass is 15.2. The van der Waals surface area contributed by atoms with Gasteiger partial charge in [0.1, 0.15) is 0 Å². The van der Waals surface area contributed by atoms with Gasteiger partial charge in [-0.15, -0.1) is 0 Å². The second-order valence-corrected chi connectivity index (χ2v) is 33.0. The van der Waals surface area contributed by atoms with Gasteiger partial charge in [-0.25, -0.2) is 0 Å². The van der Waals surface area contributed by atoms with Crippen molar-refractivity contribution in [3.05, 3.63) is 260 Å². The Labute approximate surface area is 548 Å². The van der Waals surface area contributed by atoms with E-state index in [1.165, 1.54) is 175 Å². The zero-order chi connectivity index (χ0) is 63.7. The number of anilines is 8. The van der Waals surface area contributed by atoms with E-state index < -0.39 is 5.41 Å². The van der Waals surface area contributed by atoms with Crippen LogP contribution in [0.15, 0.2) is 188 Å². The molecule has 0 aromatic heterocycles. The number of para-hydroxylation sites is 2. The Morgan fingerprint density at radius 2 is 0.815 bits per heavy atom. The maximum absolute atomic E-state index is 2.83. The molecule has 4 heteroatoms. The van der Waals surface area contributed by atoms with Crippen molar-refractivity contribution in [1.82, 2.24) is 0 Å². The monoisotopic (exact) mass is 1200 g/mol. The zero-order valence-corrected chi connectivity index (χ0v) is 57.1. The van der Waals surface area contributed by atoms with Gasteiger partial charge in [0.05, 0.1) is 11.1 Å². The lowest BCUT2D eigenvalue weighted by atomic mass is 9.42. The average molecular weight is 1200 g/mol. The summed E-state index contributed by atoms with van der Waals surface area (Å²) in [5, 5.41) is 0. The van der Waals surface area contributed by atoms with Crippen molar-refractivity contribution in [2.75, 3.05) is 14.6 Å². The van der Waals surface area contributed by atoms with Gasteiger partial charge in [0, 0.05) is 45.4 Å². The first-order valence-electron chi connectivity index (χ1n) is 34.5. The van der Waals surface area contributed by atoms with Gasteiger partial charge in [0.15, 0.2) is 0 Å². The largest absolute Gasteiger partial charge is 0.376 e. The van der Waals surface area contributed by atoms with Crippen LogP contribution in [0.5, 0.6) is 0 Å². The van der Waals surface area contributed by atoms with E-state index in [0.717, 1.165) is 25.7 Å². The van der Waals surface area contributed by atoms with E-state index in [4.69, 9.17) is 0 Å². The highest BCUT2D eigenvalue weighted by Crippen LogP contribution is 2.65. The quantitative estimate of drug-likeness (QED) is 0.159. The maximum atomic E-state index is 2.83. The fourth-order valence-electron chi connectivity index (χ4n) is 19.3. The lowest BCUT2D eigenvalue weighted by molar-refractivity contribution is 0.332. The molecule has 0 saturated carbocycles. The Balaban J connectivity index is 1.00.